The topological polar surface area (TPSA) is 67.1 Å². The Morgan fingerprint density at radius 1 is 1.11 bits per heavy atom. The number of nitrogens with one attached hydrogen (secondary N) is 4. The zero-order valence-electron chi connectivity index (χ0n) is 17.0. The molecule has 6 nitrogen and oxygen atoms in total. The molecule has 6 heteroatoms. The lowest BCUT2D eigenvalue weighted by Gasteiger charge is -2.32. The SMILES string of the molecule is C[C@H](C(=O)NC(=O)NC(C)(C)C)[NH+]1CC[NH+](C/C=C/c2ccccc2)CC1. The maximum atomic E-state index is 12.3. The van der Waals surface area contributed by atoms with Gasteiger partial charge in [-0.05, 0) is 39.3 Å². The highest BCUT2D eigenvalue weighted by atomic mass is 16.2. The lowest BCUT2D eigenvalue weighted by atomic mass is 10.1. The van der Waals surface area contributed by atoms with Gasteiger partial charge in [0.2, 0.25) is 0 Å². The lowest BCUT2D eigenvalue weighted by Crippen LogP contribution is -3.30. The normalized spacial score (nSPS) is 21.6. The summed E-state index contributed by atoms with van der Waals surface area (Å²) >= 11 is 0. The second-order valence-corrected chi connectivity index (χ2v) is 8.34. The predicted octanol–water partition coefficient (Wildman–Crippen LogP) is -0.504. The Hall–Kier alpha value is -2.18. The van der Waals surface area contributed by atoms with E-state index < -0.39 is 6.03 Å². The minimum absolute atomic E-state index is 0.209. The number of amides is 3. The highest BCUT2D eigenvalue weighted by Gasteiger charge is 2.31. The summed E-state index contributed by atoms with van der Waals surface area (Å²) in [5, 5.41) is 5.23. The van der Waals surface area contributed by atoms with Crippen LogP contribution in [0.5, 0.6) is 0 Å². The molecule has 148 valence electrons. The standard InChI is InChI=1S/C21H32N4O2/c1-17(19(26)22-20(27)23-21(2,3)4)25-15-13-24(14-16-25)12-8-11-18-9-6-5-7-10-18/h5-11,17H,12-16H2,1-4H3,(H2,22,23,26,27)/p+2/b11-8+/t17-/m1/s1. The first-order chi connectivity index (χ1) is 12.7. The molecule has 1 aliphatic heterocycles. The monoisotopic (exact) mass is 374 g/mol. The molecule has 0 saturated carbocycles. The van der Waals surface area contributed by atoms with E-state index >= 15 is 0 Å². The summed E-state index contributed by atoms with van der Waals surface area (Å²) in [7, 11) is 0. The van der Waals surface area contributed by atoms with E-state index in [0.717, 1.165) is 32.7 Å². The van der Waals surface area contributed by atoms with Gasteiger partial charge in [0.15, 0.2) is 6.04 Å². The van der Waals surface area contributed by atoms with Gasteiger partial charge in [-0.15, -0.1) is 0 Å². The van der Waals surface area contributed by atoms with E-state index in [1.54, 1.807) is 0 Å². The Balaban J connectivity index is 1.73. The highest BCUT2D eigenvalue weighted by Crippen LogP contribution is 1.99. The fourth-order valence-corrected chi connectivity index (χ4v) is 3.27. The van der Waals surface area contributed by atoms with Crippen molar-refractivity contribution in [3.8, 4) is 0 Å². The minimum Gasteiger partial charge on any atom is -0.333 e. The number of rotatable bonds is 5. The molecule has 0 bridgehead atoms. The van der Waals surface area contributed by atoms with Gasteiger partial charge >= 0.3 is 6.03 Å². The van der Waals surface area contributed by atoms with Crippen molar-refractivity contribution in [2.24, 2.45) is 0 Å². The van der Waals surface area contributed by atoms with Gasteiger partial charge in [-0.3, -0.25) is 10.1 Å². The van der Waals surface area contributed by atoms with Crippen molar-refractivity contribution in [2.45, 2.75) is 39.3 Å². The number of hydrogen-bond donors (Lipinski definition) is 4. The molecule has 1 aromatic carbocycles. The summed E-state index contributed by atoms with van der Waals surface area (Å²) in [5.74, 6) is -0.209. The molecular formula is C21H34N4O2+2. The molecule has 1 fully saturated rings. The molecule has 4 N–H and O–H groups in total. The Labute approximate surface area is 162 Å². The summed E-state index contributed by atoms with van der Waals surface area (Å²) in [5.41, 5.74) is 0.864. The maximum Gasteiger partial charge on any atom is 0.322 e. The second-order valence-electron chi connectivity index (χ2n) is 8.34. The third-order valence-electron chi connectivity index (χ3n) is 4.85. The molecule has 0 radical (unpaired) electrons. The van der Waals surface area contributed by atoms with Crippen LogP contribution in [0.25, 0.3) is 6.08 Å². The molecule has 3 amide bonds. The van der Waals surface area contributed by atoms with Crippen LogP contribution in [0.4, 0.5) is 4.79 Å². The van der Waals surface area contributed by atoms with Crippen molar-refractivity contribution in [3.05, 3.63) is 42.0 Å². The zero-order chi connectivity index (χ0) is 19.9. The van der Waals surface area contributed by atoms with Gasteiger partial charge < -0.3 is 15.1 Å². The van der Waals surface area contributed by atoms with Gasteiger partial charge in [0.05, 0.1) is 6.54 Å². The quantitative estimate of drug-likeness (QED) is 0.561. The number of carbonyl (C=O) groups is 2. The van der Waals surface area contributed by atoms with E-state index in [4.69, 9.17) is 0 Å². The maximum absolute atomic E-state index is 12.3. The Morgan fingerprint density at radius 2 is 1.74 bits per heavy atom. The largest absolute Gasteiger partial charge is 0.333 e. The van der Waals surface area contributed by atoms with Gasteiger partial charge in [0.1, 0.15) is 26.2 Å². The molecule has 27 heavy (non-hydrogen) atoms. The molecule has 0 unspecified atom stereocenters. The van der Waals surface area contributed by atoms with E-state index in [2.05, 4.69) is 34.9 Å². The minimum atomic E-state index is -0.422. The van der Waals surface area contributed by atoms with Gasteiger partial charge in [0, 0.05) is 5.54 Å². The number of carbonyl (C=O) groups excluding carboxylic acids is 2. The number of quaternary nitrogens is 2. The molecule has 0 spiro atoms. The first kappa shape index (κ1) is 21.1. The molecule has 2 rings (SSSR count). The Bertz CT molecular complexity index is 644. The van der Waals surface area contributed by atoms with E-state index in [1.807, 2.05) is 45.9 Å². The van der Waals surface area contributed by atoms with Crippen LogP contribution in [0.2, 0.25) is 0 Å². The Kier molecular flexibility index (Phi) is 7.56. The average molecular weight is 375 g/mol. The zero-order valence-corrected chi connectivity index (χ0v) is 17.0. The van der Waals surface area contributed by atoms with Gasteiger partial charge in [-0.2, -0.15) is 0 Å². The van der Waals surface area contributed by atoms with E-state index in [1.165, 1.54) is 15.4 Å². The second kappa shape index (κ2) is 9.67. The third-order valence-corrected chi connectivity index (χ3v) is 4.85. The summed E-state index contributed by atoms with van der Waals surface area (Å²) in [6, 6.07) is 9.67. The van der Waals surface area contributed by atoms with Crippen LogP contribution in [0.3, 0.4) is 0 Å². The van der Waals surface area contributed by atoms with Crippen LogP contribution in [0.1, 0.15) is 33.3 Å². The fourth-order valence-electron chi connectivity index (χ4n) is 3.27. The van der Waals surface area contributed by atoms with Crippen molar-refractivity contribution < 1.29 is 19.4 Å². The number of imide groups is 1. The Morgan fingerprint density at radius 3 is 2.33 bits per heavy atom. The van der Waals surface area contributed by atoms with Crippen molar-refractivity contribution in [3.63, 3.8) is 0 Å². The van der Waals surface area contributed by atoms with Gasteiger partial charge in [-0.1, -0.05) is 36.4 Å². The van der Waals surface area contributed by atoms with E-state index in [-0.39, 0.29) is 17.5 Å². The molecular weight excluding hydrogens is 340 g/mol. The molecule has 1 saturated heterocycles. The van der Waals surface area contributed by atoms with E-state index in [9.17, 15) is 9.59 Å². The predicted molar refractivity (Wildman–Crippen MR) is 108 cm³/mol. The lowest BCUT2D eigenvalue weighted by molar-refractivity contribution is -1.02. The molecule has 1 atom stereocenters. The van der Waals surface area contributed by atoms with Crippen LogP contribution in [-0.4, -0.2) is 56.2 Å². The third kappa shape index (κ3) is 7.53. The average Bonchev–Trinajstić information content (AvgIpc) is 2.61. The number of benzene rings is 1. The van der Waals surface area contributed by atoms with Crippen LogP contribution >= 0.6 is 0 Å². The van der Waals surface area contributed by atoms with Crippen LogP contribution in [0, 0.1) is 0 Å². The van der Waals surface area contributed by atoms with Crippen molar-refractivity contribution >= 4 is 18.0 Å². The van der Waals surface area contributed by atoms with Crippen LogP contribution in [-0.2, 0) is 4.79 Å². The van der Waals surface area contributed by atoms with Crippen molar-refractivity contribution in [1.29, 1.82) is 0 Å². The van der Waals surface area contributed by atoms with Crippen molar-refractivity contribution in [2.75, 3.05) is 32.7 Å². The number of piperazine rings is 1. The first-order valence-electron chi connectivity index (χ1n) is 9.77. The molecule has 1 heterocycles. The van der Waals surface area contributed by atoms with E-state index in [0.29, 0.717) is 0 Å². The van der Waals surface area contributed by atoms with Crippen molar-refractivity contribution in [1.82, 2.24) is 10.6 Å². The summed E-state index contributed by atoms with van der Waals surface area (Å²) in [6.45, 7) is 12.5. The van der Waals surface area contributed by atoms with Gasteiger partial charge in [-0.25, -0.2) is 4.79 Å². The summed E-state index contributed by atoms with van der Waals surface area (Å²) in [4.78, 5) is 27.0. The smallest absolute Gasteiger partial charge is 0.322 e. The summed E-state index contributed by atoms with van der Waals surface area (Å²) in [6.07, 6.45) is 4.39. The number of hydrogen-bond acceptors (Lipinski definition) is 2. The number of urea groups is 1. The first-order valence-corrected chi connectivity index (χ1v) is 9.77. The summed E-state index contributed by atoms with van der Waals surface area (Å²) < 4.78 is 0. The molecule has 0 aliphatic carbocycles. The highest BCUT2D eigenvalue weighted by molar-refractivity contribution is 5.96. The van der Waals surface area contributed by atoms with Crippen LogP contribution in [0.15, 0.2) is 36.4 Å². The molecule has 0 aromatic heterocycles. The van der Waals surface area contributed by atoms with Gasteiger partial charge in [0.25, 0.3) is 5.91 Å². The van der Waals surface area contributed by atoms with Crippen LogP contribution < -0.4 is 20.4 Å². The molecule has 1 aliphatic rings. The fraction of sp³-hybridized carbons (Fsp3) is 0.524. The molecule has 1 aromatic rings.